The minimum atomic E-state index is -1.19. The van der Waals surface area contributed by atoms with Gasteiger partial charge in [0.1, 0.15) is 17.0 Å². The average Bonchev–Trinajstić information content (AvgIpc) is 2.80. The van der Waals surface area contributed by atoms with Crippen molar-refractivity contribution in [2.45, 2.75) is 12.0 Å². The summed E-state index contributed by atoms with van der Waals surface area (Å²) < 4.78 is 32.0. The molecule has 1 saturated heterocycles. The Bertz CT molecular complexity index is 502. The Morgan fingerprint density at radius 2 is 2.26 bits per heavy atom. The second-order valence-corrected chi connectivity index (χ2v) is 4.54. The highest BCUT2D eigenvalue weighted by Crippen LogP contribution is 2.20. The fourth-order valence-corrected chi connectivity index (χ4v) is 1.85. The molecule has 1 fully saturated rings. The highest BCUT2D eigenvalue weighted by molar-refractivity contribution is 5.95. The lowest BCUT2D eigenvalue weighted by atomic mass is 10.0. The molecule has 19 heavy (non-hydrogen) atoms. The van der Waals surface area contributed by atoms with Gasteiger partial charge in [-0.25, -0.2) is 8.78 Å². The monoisotopic (exact) mass is 272 g/mol. The van der Waals surface area contributed by atoms with Gasteiger partial charge in [0, 0.05) is 19.6 Å². The molecule has 1 unspecified atom stereocenters. The Morgan fingerprint density at radius 3 is 2.89 bits per heavy atom. The number of anilines is 1. The second-order valence-electron chi connectivity index (χ2n) is 4.54. The largest absolute Gasteiger partial charge is 0.396 e. The zero-order valence-corrected chi connectivity index (χ0v) is 10.1. The van der Waals surface area contributed by atoms with Crippen molar-refractivity contribution < 1.29 is 23.4 Å². The predicted molar refractivity (Wildman–Crippen MR) is 63.5 cm³/mol. The Balaban J connectivity index is 2.10. The van der Waals surface area contributed by atoms with Crippen LogP contribution in [0.2, 0.25) is 0 Å². The number of hydrogen-bond acceptors (Lipinski definition) is 4. The number of halogens is 2. The molecule has 104 valence electrons. The van der Waals surface area contributed by atoms with Crippen molar-refractivity contribution in [3.8, 4) is 0 Å². The summed E-state index contributed by atoms with van der Waals surface area (Å²) >= 11 is 0. The average molecular weight is 272 g/mol. The normalized spacial score (nSPS) is 22.5. The van der Waals surface area contributed by atoms with Crippen molar-refractivity contribution in [3.05, 3.63) is 29.3 Å². The molecule has 2 rings (SSSR count). The van der Waals surface area contributed by atoms with E-state index in [-0.39, 0.29) is 18.8 Å². The third-order valence-electron chi connectivity index (χ3n) is 3.01. The van der Waals surface area contributed by atoms with E-state index < -0.39 is 28.7 Å². The number of carbonyl (C=O) groups is 1. The molecule has 1 heterocycles. The first-order valence-electron chi connectivity index (χ1n) is 5.75. The minimum Gasteiger partial charge on any atom is -0.396 e. The Kier molecular flexibility index (Phi) is 3.68. The molecular formula is C12H14F2N2O3. The van der Waals surface area contributed by atoms with Crippen LogP contribution in [0.25, 0.3) is 0 Å². The smallest absolute Gasteiger partial charge is 0.257 e. The van der Waals surface area contributed by atoms with Gasteiger partial charge in [-0.3, -0.25) is 4.79 Å². The SMILES string of the molecule is Nc1ccc(F)c(C(=O)NCC2(O)CCOC2)c1F. The highest BCUT2D eigenvalue weighted by atomic mass is 19.1. The van der Waals surface area contributed by atoms with Crippen molar-refractivity contribution in [2.75, 3.05) is 25.5 Å². The number of hydrogen-bond donors (Lipinski definition) is 3. The van der Waals surface area contributed by atoms with E-state index in [1.54, 1.807) is 0 Å². The first kappa shape index (κ1) is 13.7. The highest BCUT2D eigenvalue weighted by Gasteiger charge is 2.33. The van der Waals surface area contributed by atoms with E-state index in [0.29, 0.717) is 13.0 Å². The quantitative estimate of drug-likeness (QED) is 0.697. The van der Waals surface area contributed by atoms with Gasteiger partial charge in [0.05, 0.1) is 12.3 Å². The van der Waals surface area contributed by atoms with Gasteiger partial charge in [-0.15, -0.1) is 0 Å². The van der Waals surface area contributed by atoms with E-state index in [4.69, 9.17) is 10.5 Å². The predicted octanol–water partition coefficient (Wildman–Crippen LogP) is 0.428. The number of ether oxygens (including phenoxy) is 1. The summed E-state index contributed by atoms with van der Waals surface area (Å²) in [5.74, 6) is -3.06. The van der Waals surface area contributed by atoms with Gasteiger partial charge < -0.3 is 20.9 Å². The standard InChI is InChI=1S/C12H14F2N2O3/c13-7-1-2-8(15)10(14)9(7)11(17)16-5-12(18)3-4-19-6-12/h1-2,18H,3-6,15H2,(H,16,17). The summed E-state index contributed by atoms with van der Waals surface area (Å²) in [7, 11) is 0. The Labute approximate surface area is 108 Å². The van der Waals surface area contributed by atoms with Gasteiger partial charge in [0.2, 0.25) is 0 Å². The molecule has 0 aromatic heterocycles. The Morgan fingerprint density at radius 1 is 1.53 bits per heavy atom. The van der Waals surface area contributed by atoms with E-state index in [0.717, 1.165) is 12.1 Å². The van der Waals surface area contributed by atoms with E-state index in [2.05, 4.69) is 5.32 Å². The number of benzene rings is 1. The maximum absolute atomic E-state index is 13.6. The van der Waals surface area contributed by atoms with Gasteiger partial charge in [0.25, 0.3) is 5.91 Å². The first-order valence-corrected chi connectivity index (χ1v) is 5.75. The van der Waals surface area contributed by atoms with Crippen molar-refractivity contribution in [1.82, 2.24) is 5.32 Å². The van der Waals surface area contributed by atoms with Crippen molar-refractivity contribution in [2.24, 2.45) is 0 Å². The molecule has 1 aliphatic rings. The lowest BCUT2D eigenvalue weighted by Crippen LogP contribution is -2.43. The van der Waals surface area contributed by atoms with Crippen LogP contribution in [0, 0.1) is 11.6 Å². The van der Waals surface area contributed by atoms with Crippen LogP contribution in [0.15, 0.2) is 12.1 Å². The molecule has 0 bridgehead atoms. The number of nitrogens with two attached hydrogens (primary N) is 1. The van der Waals surface area contributed by atoms with Crippen molar-refractivity contribution in [3.63, 3.8) is 0 Å². The fourth-order valence-electron chi connectivity index (χ4n) is 1.85. The van der Waals surface area contributed by atoms with Crippen LogP contribution < -0.4 is 11.1 Å². The Hall–Kier alpha value is -1.73. The summed E-state index contributed by atoms with van der Waals surface area (Å²) in [6.07, 6.45) is 0.356. The molecule has 4 N–H and O–H groups in total. The van der Waals surface area contributed by atoms with E-state index in [1.807, 2.05) is 0 Å². The van der Waals surface area contributed by atoms with Crippen LogP contribution in [-0.2, 0) is 4.74 Å². The third-order valence-corrected chi connectivity index (χ3v) is 3.01. The molecule has 0 radical (unpaired) electrons. The summed E-state index contributed by atoms with van der Waals surface area (Å²) in [5, 5.41) is 12.2. The second kappa shape index (κ2) is 5.10. The van der Waals surface area contributed by atoms with Crippen LogP contribution in [0.3, 0.4) is 0 Å². The van der Waals surface area contributed by atoms with Crippen LogP contribution >= 0.6 is 0 Å². The number of nitrogen functional groups attached to an aromatic ring is 1. The summed E-state index contributed by atoms with van der Waals surface area (Å²) in [6, 6.07) is 1.96. The molecule has 0 spiro atoms. The van der Waals surface area contributed by atoms with Crippen LogP contribution in [0.4, 0.5) is 14.5 Å². The molecule has 1 aromatic carbocycles. The van der Waals surface area contributed by atoms with E-state index in [1.165, 1.54) is 0 Å². The fraction of sp³-hybridized carbons (Fsp3) is 0.417. The lowest BCUT2D eigenvalue weighted by molar-refractivity contribution is 0.0263. The van der Waals surface area contributed by atoms with Gasteiger partial charge in [-0.1, -0.05) is 0 Å². The minimum absolute atomic E-state index is 0.0785. The van der Waals surface area contributed by atoms with Crippen molar-refractivity contribution in [1.29, 1.82) is 0 Å². The van der Waals surface area contributed by atoms with E-state index >= 15 is 0 Å². The summed E-state index contributed by atoms with van der Waals surface area (Å²) in [5.41, 5.74) is 3.03. The maximum Gasteiger partial charge on any atom is 0.257 e. The first-order chi connectivity index (χ1) is 8.93. The molecule has 0 aliphatic carbocycles. The molecule has 7 heteroatoms. The van der Waals surface area contributed by atoms with Gasteiger partial charge in [-0.05, 0) is 12.1 Å². The van der Waals surface area contributed by atoms with E-state index in [9.17, 15) is 18.7 Å². The molecule has 5 nitrogen and oxygen atoms in total. The zero-order valence-electron chi connectivity index (χ0n) is 10.1. The molecule has 1 aliphatic heterocycles. The van der Waals surface area contributed by atoms with Crippen LogP contribution in [0.1, 0.15) is 16.8 Å². The van der Waals surface area contributed by atoms with Crippen LogP contribution in [-0.4, -0.2) is 36.4 Å². The number of nitrogens with one attached hydrogen (secondary N) is 1. The summed E-state index contributed by atoms with van der Waals surface area (Å²) in [6.45, 7) is 0.321. The van der Waals surface area contributed by atoms with Gasteiger partial charge in [-0.2, -0.15) is 0 Å². The van der Waals surface area contributed by atoms with Crippen LogP contribution in [0.5, 0.6) is 0 Å². The third kappa shape index (κ3) is 2.82. The molecule has 1 atom stereocenters. The van der Waals surface area contributed by atoms with Gasteiger partial charge in [0.15, 0.2) is 5.82 Å². The molecule has 1 amide bonds. The van der Waals surface area contributed by atoms with Crippen molar-refractivity contribution >= 4 is 11.6 Å². The number of aliphatic hydroxyl groups is 1. The summed E-state index contributed by atoms with van der Waals surface area (Å²) in [4.78, 5) is 11.7. The zero-order chi connectivity index (χ0) is 14.0. The molecular weight excluding hydrogens is 258 g/mol. The number of amides is 1. The number of rotatable bonds is 3. The molecule has 0 saturated carbocycles. The topological polar surface area (TPSA) is 84.6 Å². The lowest BCUT2D eigenvalue weighted by Gasteiger charge is -2.20. The number of carbonyl (C=O) groups excluding carboxylic acids is 1. The molecule has 1 aromatic rings. The van der Waals surface area contributed by atoms with Gasteiger partial charge >= 0.3 is 0 Å². The maximum atomic E-state index is 13.6.